The van der Waals surface area contributed by atoms with Gasteiger partial charge in [-0.2, -0.15) is 0 Å². The number of aromatic nitrogens is 2. The van der Waals surface area contributed by atoms with Crippen molar-refractivity contribution >= 4 is 0 Å². The summed E-state index contributed by atoms with van der Waals surface area (Å²) >= 11 is 0. The quantitative estimate of drug-likeness (QED) is 0.515. The highest BCUT2D eigenvalue weighted by Gasteiger charge is 1.97. The van der Waals surface area contributed by atoms with Crippen LogP contribution in [0.4, 0.5) is 0 Å². The Balaban J connectivity index is 2.14. The maximum Gasteiger partial charge on any atom is 0.0949 e. The minimum absolute atomic E-state index is 0.732. The Morgan fingerprint density at radius 2 is 2.25 bits per heavy atom. The van der Waals surface area contributed by atoms with Crippen LogP contribution in [0.3, 0.4) is 0 Å². The molecule has 0 saturated carbocycles. The minimum atomic E-state index is 0.732. The van der Waals surface area contributed by atoms with Crippen LogP contribution in [0.2, 0.25) is 0 Å². The Hall–Kier alpha value is -0.910. The van der Waals surface area contributed by atoms with Crippen LogP contribution in [0, 0.1) is 0 Å². The molecule has 4 N–H and O–H groups in total. The summed E-state index contributed by atoms with van der Waals surface area (Å²) in [5.41, 5.74) is 6.56. The molecule has 5 nitrogen and oxygen atoms in total. The first-order valence-electron chi connectivity index (χ1n) is 5.93. The first-order valence-corrected chi connectivity index (χ1v) is 5.93. The van der Waals surface area contributed by atoms with Crippen LogP contribution in [-0.2, 0) is 13.1 Å². The van der Waals surface area contributed by atoms with E-state index < -0.39 is 0 Å². The highest BCUT2D eigenvalue weighted by Crippen LogP contribution is 1.97. The monoisotopic (exact) mass is 225 g/mol. The first kappa shape index (κ1) is 13.2. The molecule has 0 amide bonds. The van der Waals surface area contributed by atoms with E-state index >= 15 is 0 Å². The Kier molecular flexibility index (Phi) is 6.80. The van der Waals surface area contributed by atoms with Gasteiger partial charge in [0.15, 0.2) is 0 Å². The van der Waals surface area contributed by atoms with E-state index in [0.717, 1.165) is 51.3 Å². The smallest absolute Gasteiger partial charge is 0.0949 e. The van der Waals surface area contributed by atoms with Crippen LogP contribution in [-0.4, -0.2) is 36.2 Å². The van der Waals surface area contributed by atoms with Gasteiger partial charge < -0.3 is 20.9 Å². The van der Waals surface area contributed by atoms with Crippen LogP contribution in [0.5, 0.6) is 0 Å². The standard InChI is InChI=1S/C11H23N5/c1-13-5-3-6-14-8-11-9-16(10-15-11)7-2-4-12/h9-10,13-14H,2-8,12H2,1H3. The maximum absolute atomic E-state index is 5.46. The average molecular weight is 225 g/mol. The van der Waals surface area contributed by atoms with E-state index in [1.165, 1.54) is 0 Å². The lowest BCUT2D eigenvalue weighted by Crippen LogP contribution is -2.19. The van der Waals surface area contributed by atoms with E-state index in [1.807, 2.05) is 13.4 Å². The van der Waals surface area contributed by atoms with E-state index in [-0.39, 0.29) is 0 Å². The summed E-state index contributed by atoms with van der Waals surface area (Å²) in [4.78, 5) is 4.33. The molecule has 0 aromatic carbocycles. The van der Waals surface area contributed by atoms with Gasteiger partial charge >= 0.3 is 0 Å². The molecule has 0 spiro atoms. The number of nitrogens with one attached hydrogen (secondary N) is 2. The van der Waals surface area contributed by atoms with Crippen molar-refractivity contribution in [3.8, 4) is 0 Å². The van der Waals surface area contributed by atoms with Crippen molar-refractivity contribution in [1.82, 2.24) is 20.2 Å². The number of rotatable bonds is 9. The summed E-state index contributed by atoms with van der Waals surface area (Å²) in [5, 5.41) is 6.49. The topological polar surface area (TPSA) is 67.9 Å². The zero-order valence-corrected chi connectivity index (χ0v) is 10.1. The summed E-state index contributed by atoms with van der Waals surface area (Å²) in [6.45, 7) is 4.62. The van der Waals surface area contributed by atoms with E-state index in [1.54, 1.807) is 0 Å². The SMILES string of the molecule is CNCCCNCc1cn(CCCN)cn1. The second-order valence-electron chi connectivity index (χ2n) is 3.88. The van der Waals surface area contributed by atoms with Gasteiger partial charge in [-0.15, -0.1) is 0 Å². The van der Waals surface area contributed by atoms with Gasteiger partial charge in [0, 0.05) is 19.3 Å². The molecule has 92 valence electrons. The second-order valence-corrected chi connectivity index (χ2v) is 3.88. The van der Waals surface area contributed by atoms with Gasteiger partial charge in [-0.1, -0.05) is 0 Å². The van der Waals surface area contributed by atoms with Crippen molar-refractivity contribution < 1.29 is 0 Å². The summed E-state index contributed by atoms with van der Waals surface area (Å²) in [6.07, 6.45) is 6.11. The lowest BCUT2D eigenvalue weighted by Gasteiger charge is -2.02. The molecule has 1 rings (SSSR count). The Morgan fingerprint density at radius 3 is 3.00 bits per heavy atom. The van der Waals surface area contributed by atoms with Crippen LogP contribution in [0.1, 0.15) is 18.5 Å². The number of aryl methyl sites for hydroxylation is 1. The number of hydrogen-bond acceptors (Lipinski definition) is 4. The largest absolute Gasteiger partial charge is 0.337 e. The van der Waals surface area contributed by atoms with Crippen molar-refractivity contribution in [2.75, 3.05) is 26.7 Å². The molecule has 0 aliphatic rings. The van der Waals surface area contributed by atoms with E-state index in [9.17, 15) is 0 Å². The molecule has 0 aliphatic heterocycles. The third kappa shape index (κ3) is 5.25. The third-order valence-electron chi connectivity index (χ3n) is 2.39. The molecule has 5 heteroatoms. The van der Waals surface area contributed by atoms with Gasteiger partial charge in [0.2, 0.25) is 0 Å². The molecule has 0 radical (unpaired) electrons. The van der Waals surface area contributed by atoms with Gasteiger partial charge in [-0.3, -0.25) is 0 Å². The molecule has 1 heterocycles. The van der Waals surface area contributed by atoms with Crippen LogP contribution >= 0.6 is 0 Å². The zero-order chi connectivity index (χ0) is 11.6. The summed E-state index contributed by atoms with van der Waals surface area (Å²) in [7, 11) is 1.97. The fourth-order valence-electron chi connectivity index (χ4n) is 1.50. The molecular weight excluding hydrogens is 202 g/mol. The van der Waals surface area contributed by atoms with Crippen molar-refractivity contribution in [3.63, 3.8) is 0 Å². The molecule has 0 atom stereocenters. The second kappa shape index (κ2) is 8.27. The van der Waals surface area contributed by atoms with Gasteiger partial charge in [0.1, 0.15) is 0 Å². The van der Waals surface area contributed by atoms with Crippen molar-refractivity contribution in [3.05, 3.63) is 18.2 Å². The van der Waals surface area contributed by atoms with Gasteiger partial charge in [0.05, 0.1) is 12.0 Å². The average Bonchev–Trinajstić information content (AvgIpc) is 2.74. The van der Waals surface area contributed by atoms with Crippen LogP contribution in [0.25, 0.3) is 0 Å². The lowest BCUT2D eigenvalue weighted by molar-refractivity contribution is 0.618. The van der Waals surface area contributed by atoms with Gasteiger partial charge in [-0.25, -0.2) is 4.98 Å². The number of nitrogens with two attached hydrogens (primary N) is 1. The van der Waals surface area contributed by atoms with Crippen molar-refractivity contribution in [2.45, 2.75) is 25.9 Å². The molecular formula is C11H23N5. The number of nitrogens with zero attached hydrogens (tertiary/aromatic N) is 2. The van der Waals surface area contributed by atoms with E-state index in [4.69, 9.17) is 5.73 Å². The molecule has 0 unspecified atom stereocenters. The molecule has 0 aliphatic carbocycles. The highest BCUT2D eigenvalue weighted by molar-refractivity contribution is 4.96. The highest BCUT2D eigenvalue weighted by atomic mass is 15.0. The summed E-state index contributed by atoms with van der Waals surface area (Å²) in [6, 6.07) is 0. The maximum atomic E-state index is 5.46. The molecule has 0 bridgehead atoms. The van der Waals surface area contributed by atoms with Crippen molar-refractivity contribution in [2.24, 2.45) is 5.73 Å². The molecule has 1 aromatic rings. The van der Waals surface area contributed by atoms with E-state index in [0.29, 0.717) is 0 Å². The third-order valence-corrected chi connectivity index (χ3v) is 2.39. The van der Waals surface area contributed by atoms with E-state index in [2.05, 4.69) is 26.4 Å². The lowest BCUT2D eigenvalue weighted by atomic mass is 10.4. The number of imidazole rings is 1. The van der Waals surface area contributed by atoms with Gasteiger partial charge in [0.25, 0.3) is 0 Å². The molecule has 0 fully saturated rings. The summed E-state index contributed by atoms with van der Waals surface area (Å²) < 4.78 is 2.09. The Labute approximate surface area is 97.4 Å². The normalized spacial score (nSPS) is 10.9. The predicted molar refractivity (Wildman–Crippen MR) is 66.1 cm³/mol. The Morgan fingerprint density at radius 1 is 1.38 bits per heavy atom. The predicted octanol–water partition coefficient (Wildman–Crippen LogP) is -0.0690. The van der Waals surface area contributed by atoms with Crippen LogP contribution in [0.15, 0.2) is 12.5 Å². The Bertz CT molecular complexity index is 271. The fraction of sp³-hybridized carbons (Fsp3) is 0.727. The minimum Gasteiger partial charge on any atom is -0.337 e. The van der Waals surface area contributed by atoms with Gasteiger partial charge in [-0.05, 0) is 39.5 Å². The van der Waals surface area contributed by atoms with Crippen molar-refractivity contribution in [1.29, 1.82) is 0 Å². The number of hydrogen-bond donors (Lipinski definition) is 3. The fourth-order valence-corrected chi connectivity index (χ4v) is 1.50. The zero-order valence-electron chi connectivity index (χ0n) is 10.1. The molecule has 1 aromatic heterocycles. The first-order chi connectivity index (χ1) is 7.86. The van der Waals surface area contributed by atoms with Crippen LogP contribution < -0.4 is 16.4 Å². The molecule has 16 heavy (non-hydrogen) atoms. The molecule has 0 saturated heterocycles. The summed E-state index contributed by atoms with van der Waals surface area (Å²) in [5.74, 6) is 0.